The molecule has 1 aromatic rings. The van der Waals surface area contributed by atoms with E-state index in [-0.39, 0.29) is 59.6 Å². The standard InChI is InChI=1S/C22H32N14S4.2Zn/c1-13(27-33-19(37)23-5)15(3)29-35-21(39)31-25-11-17-7-9-18(10-8-17)12-26-32-22(40)36-30-16(4)14(2)28-34-20(38)24-6;;/h7-12H,1-6H3,(H2,23,33,37)(H2,24,34,38)(H2,31,35,39)(H2,32,36,40);;/q;2*+2/p-4/b25-11+,26-12+,27-13?,28-14?,29-15?,30-16?;;. The molecule has 14 nitrogen and oxygen atoms in total. The summed E-state index contributed by atoms with van der Waals surface area (Å²) in [6, 6.07) is 7.38. The van der Waals surface area contributed by atoms with Crippen molar-refractivity contribution in [1.29, 1.82) is 0 Å². The smallest absolute Gasteiger partial charge is 0.741 e. The van der Waals surface area contributed by atoms with Gasteiger partial charge in [0, 0.05) is 24.4 Å². The molecule has 0 spiro atoms. The van der Waals surface area contributed by atoms with Crippen LogP contribution in [0.15, 0.2) is 75.3 Å². The van der Waals surface area contributed by atoms with Crippen LogP contribution in [-0.4, -0.2) is 70.0 Å². The van der Waals surface area contributed by atoms with Crippen molar-refractivity contribution < 1.29 is 39.0 Å². The van der Waals surface area contributed by atoms with Gasteiger partial charge < -0.3 is 61.1 Å². The minimum absolute atomic E-state index is 0. The Morgan fingerprint density at radius 3 is 1.02 bits per heavy atom. The number of nitrogens with one attached hydrogen (secondary N) is 4. The molecule has 0 unspecified atom stereocenters. The predicted octanol–water partition coefficient (Wildman–Crippen LogP) is 1.08. The number of hydrogen-bond acceptors (Lipinski definition) is 14. The summed E-state index contributed by atoms with van der Waals surface area (Å²) < 4.78 is 0. The van der Waals surface area contributed by atoms with Gasteiger partial charge in [0.05, 0.1) is 35.3 Å². The second-order valence-corrected chi connectivity index (χ2v) is 8.82. The maximum absolute atomic E-state index is 5.10. The van der Waals surface area contributed by atoms with Gasteiger partial charge in [0.25, 0.3) is 0 Å². The van der Waals surface area contributed by atoms with Gasteiger partial charge in [-0.2, -0.15) is 51.0 Å². The fourth-order valence-electron chi connectivity index (χ4n) is 1.91. The zero-order valence-electron chi connectivity index (χ0n) is 24.0. The summed E-state index contributed by atoms with van der Waals surface area (Å²) in [5.41, 5.74) is 9.05. The molecule has 0 heterocycles. The van der Waals surface area contributed by atoms with Crippen LogP contribution in [0.5, 0.6) is 0 Å². The molecule has 0 atom stereocenters. The summed E-state index contributed by atoms with van der Waals surface area (Å²) in [7, 11) is 3.32. The molecule has 0 saturated carbocycles. The van der Waals surface area contributed by atoms with E-state index in [1.54, 1.807) is 54.2 Å². The molecule has 0 bridgehead atoms. The Morgan fingerprint density at radius 1 is 0.500 bits per heavy atom. The Bertz CT molecular complexity index is 1200. The van der Waals surface area contributed by atoms with Gasteiger partial charge in [-0.3, -0.25) is 10.9 Å². The molecule has 1 rings (SSSR count). The molecular weight excluding hydrogens is 719 g/mol. The normalized spacial score (nSPS) is 14.4. The minimum Gasteiger partial charge on any atom is -0.741 e. The second-order valence-electron chi connectivity index (χ2n) is 7.27. The van der Waals surface area contributed by atoms with Crippen molar-refractivity contribution in [3.8, 4) is 0 Å². The van der Waals surface area contributed by atoms with E-state index in [2.05, 4.69) is 72.5 Å². The van der Waals surface area contributed by atoms with Crippen molar-refractivity contribution in [2.45, 2.75) is 27.7 Å². The monoisotopic (exact) mass is 744 g/mol. The van der Waals surface area contributed by atoms with Crippen molar-refractivity contribution in [3.05, 3.63) is 35.4 Å². The molecule has 1 aromatic carbocycles. The van der Waals surface area contributed by atoms with E-state index in [1.165, 1.54) is 0 Å². The fourth-order valence-corrected chi connectivity index (χ4v) is 2.18. The molecule has 4 N–H and O–H groups in total. The van der Waals surface area contributed by atoms with Crippen molar-refractivity contribution in [1.82, 2.24) is 21.5 Å². The molecule has 42 heavy (non-hydrogen) atoms. The van der Waals surface area contributed by atoms with Gasteiger partial charge in [-0.25, -0.2) is 0 Å². The van der Waals surface area contributed by atoms with Crippen molar-refractivity contribution in [2.75, 3.05) is 14.1 Å². The van der Waals surface area contributed by atoms with E-state index in [0.717, 1.165) is 11.1 Å². The molecule has 0 amide bonds. The summed E-state index contributed by atoms with van der Waals surface area (Å²) in [5, 5.41) is 45.5. The van der Waals surface area contributed by atoms with Gasteiger partial charge in [-0.05, 0) is 49.2 Å². The van der Waals surface area contributed by atoms with E-state index < -0.39 is 0 Å². The molecule has 0 aliphatic heterocycles. The number of benzene rings is 1. The van der Waals surface area contributed by atoms with Gasteiger partial charge in [0.15, 0.2) is 0 Å². The first kappa shape index (κ1) is 41.4. The van der Waals surface area contributed by atoms with Crippen LogP contribution >= 0.6 is 0 Å². The largest absolute Gasteiger partial charge is 2.00 e. The summed E-state index contributed by atoms with van der Waals surface area (Å²) in [6.45, 7) is 6.91. The van der Waals surface area contributed by atoms with Crippen LogP contribution in [0.2, 0.25) is 0 Å². The van der Waals surface area contributed by atoms with E-state index in [4.69, 9.17) is 50.5 Å². The maximum Gasteiger partial charge on any atom is 2.00 e. The van der Waals surface area contributed by atoms with Crippen molar-refractivity contribution >= 4 is 106 Å². The molecule has 0 fully saturated rings. The first-order chi connectivity index (χ1) is 19.0. The zero-order valence-corrected chi connectivity index (χ0v) is 33.2. The van der Waals surface area contributed by atoms with Crippen LogP contribution in [0.25, 0.3) is 0 Å². The Balaban J connectivity index is 0. The summed E-state index contributed by atoms with van der Waals surface area (Å²) >= 11 is 20.0. The van der Waals surface area contributed by atoms with E-state index in [0.29, 0.717) is 22.8 Å². The SMILES string of the molecule is CNC([S-])=NN=C(C)C(C)=NN=C([S-])N/N=C/c1ccc(/C=N/NC([S-])=NN=C(C)C(C)=NN=C([S-])NC)cc1.[Zn+2].[Zn+2]. The van der Waals surface area contributed by atoms with Crippen LogP contribution in [0, 0.1) is 0 Å². The number of nitrogens with zero attached hydrogens (tertiary/aromatic N) is 10. The van der Waals surface area contributed by atoms with Gasteiger partial charge in [0.1, 0.15) is 0 Å². The Hall–Kier alpha value is -2.75. The van der Waals surface area contributed by atoms with Crippen molar-refractivity contribution in [2.24, 2.45) is 51.0 Å². The maximum atomic E-state index is 5.10. The summed E-state index contributed by atoms with van der Waals surface area (Å²) in [5.74, 6) is 0. The van der Waals surface area contributed by atoms with Crippen LogP contribution < -0.4 is 21.5 Å². The van der Waals surface area contributed by atoms with Crippen LogP contribution in [0.1, 0.15) is 38.8 Å². The predicted molar refractivity (Wildman–Crippen MR) is 178 cm³/mol. The van der Waals surface area contributed by atoms with Gasteiger partial charge in [-0.1, -0.05) is 24.3 Å². The number of hydrazone groups is 2. The second kappa shape index (κ2) is 23.8. The minimum atomic E-state index is 0. The third-order valence-electron chi connectivity index (χ3n) is 4.32. The summed E-state index contributed by atoms with van der Waals surface area (Å²) in [6.07, 6.45) is 3.17. The van der Waals surface area contributed by atoms with E-state index in [1.807, 2.05) is 24.3 Å². The number of amidine groups is 4. The topological polar surface area (TPSA) is 172 Å². The Labute approximate surface area is 293 Å². The molecule has 0 radical (unpaired) electrons. The summed E-state index contributed by atoms with van der Waals surface area (Å²) in [4.78, 5) is 0. The third-order valence-corrected chi connectivity index (χ3v) is 5.24. The van der Waals surface area contributed by atoms with E-state index >= 15 is 0 Å². The average molecular weight is 748 g/mol. The van der Waals surface area contributed by atoms with E-state index in [9.17, 15) is 0 Å². The van der Waals surface area contributed by atoms with Gasteiger partial charge >= 0.3 is 39.0 Å². The van der Waals surface area contributed by atoms with Crippen molar-refractivity contribution in [3.63, 3.8) is 0 Å². The first-order valence-corrected chi connectivity index (χ1v) is 12.9. The van der Waals surface area contributed by atoms with Gasteiger partial charge in [-0.15, -0.1) is 0 Å². The molecule has 0 aliphatic carbocycles. The molecule has 0 aliphatic rings. The third kappa shape index (κ3) is 18.6. The molecule has 0 aromatic heterocycles. The molecule has 0 saturated heterocycles. The molecule has 214 valence electrons. The zero-order chi connectivity index (χ0) is 29.9. The van der Waals surface area contributed by atoms with Crippen LogP contribution in [0.3, 0.4) is 0 Å². The molecular formula is C22H28N14S4Zn2. The number of hydrogen-bond donors (Lipinski definition) is 4. The fraction of sp³-hybridized carbons (Fsp3) is 0.273. The Morgan fingerprint density at radius 2 is 0.762 bits per heavy atom. The van der Waals surface area contributed by atoms with Crippen LogP contribution in [-0.2, 0) is 89.5 Å². The average Bonchev–Trinajstić information content (AvgIpc) is 2.96. The molecule has 20 heteroatoms. The van der Waals surface area contributed by atoms with Crippen LogP contribution in [0.4, 0.5) is 0 Å². The van der Waals surface area contributed by atoms with Gasteiger partial charge in [0.2, 0.25) is 0 Å². The Kier molecular flexibility index (Phi) is 23.4. The number of rotatable bonds is 10. The quantitative estimate of drug-likeness (QED) is 0.0906. The first-order valence-electron chi connectivity index (χ1n) is 11.3.